The normalized spacial score (nSPS) is 19.3. The number of benzene rings is 1. The number of esters is 2. The van der Waals surface area contributed by atoms with E-state index in [0.29, 0.717) is 29.4 Å². The van der Waals surface area contributed by atoms with Gasteiger partial charge in [-0.3, -0.25) is 0 Å². The number of carbonyl (C=O) groups is 2. The summed E-state index contributed by atoms with van der Waals surface area (Å²) in [5, 5.41) is 0. The second-order valence-electron chi connectivity index (χ2n) is 6.78. The van der Waals surface area contributed by atoms with Crippen molar-refractivity contribution in [1.82, 2.24) is 0 Å². The van der Waals surface area contributed by atoms with E-state index in [0.717, 1.165) is 31.4 Å². The molecule has 0 spiro atoms. The Morgan fingerprint density at radius 1 is 0.923 bits per heavy atom. The van der Waals surface area contributed by atoms with Gasteiger partial charge in [-0.25, -0.2) is 9.59 Å². The second kappa shape index (κ2) is 9.22. The van der Waals surface area contributed by atoms with E-state index in [1.54, 1.807) is 38.1 Å². The molecule has 0 atom stereocenters. The number of carbonyl (C=O) groups excluding carboxylic acids is 2. The van der Waals surface area contributed by atoms with Gasteiger partial charge >= 0.3 is 11.9 Å². The Morgan fingerprint density at radius 3 is 2.00 bits per heavy atom. The number of ether oxygens (including phenoxy) is 3. The van der Waals surface area contributed by atoms with E-state index in [1.807, 2.05) is 0 Å². The van der Waals surface area contributed by atoms with E-state index in [1.165, 1.54) is 0 Å². The summed E-state index contributed by atoms with van der Waals surface area (Å²) >= 11 is 0. The highest BCUT2D eigenvalue weighted by Crippen LogP contribution is 2.28. The van der Waals surface area contributed by atoms with Crippen molar-refractivity contribution in [2.45, 2.75) is 45.6 Å². The standard InChI is InChI=1S/C21H26O5/c1-14(2)20(22)25-18-7-5-16(6-8-18)13-24-17-9-11-19(12-10-17)26-21(23)15(3)4/h9-12,16,18H,1,3,5-8,13H2,2,4H3/t16-,18-. The molecule has 1 fully saturated rings. The van der Waals surface area contributed by atoms with Gasteiger partial charge < -0.3 is 14.2 Å². The van der Waals surface area contributed by atoms with Gasteiger partial charge in [0.1, 0.15) is 17.6 Å². The Balaban J connectivity index is 1.73. The lowest BCUT2D eigenvalue weighted by molar-refractivity contribution is -0.146. The first kappa shape index (κ1) is 19.8. The highest BCUT2D eigenvalue weighted by molar-refractivity contribution is 5.88. The van der Waals surface area contributed by atoms with Crippen molar-refractivity contribution in [1.29, 1.82) is 0 Å². The number of hydrogen-bond acceptors (Lipinski definition) is 5. The Morgan fingerprint density at radius 2 is 1.46 bits per heavy atom. The minimum Gasteiger partial charge on any atom is -0.493 e. The van der Waals surface area contributed by atoms with E-state index >= 15 is 0 Å². The van der Waals surface area contributed by atoms with Crippen molar-refractivity contribution in [2.75, 3.05) is 6.61 Å². The minimum absolute atomic E-state index is 0.0160. The van der Waals surface area contributed by atoms with Crippen LogP contribution in [0.1, 0.15) is 39.5 Å². The van der Waals surface area contributed by atoms with Gasteiger partial charge in [0, 0.05) is 11.1 Å². The molecule has 0 radical (unpaired) electrons. The Labute approximate surface area is 154 Å². The molecule has 0 aliphatic heterocycles. The first-order valence-electron chi connectivity index (χ1n) is 8.82. The van der Waals surface area contributed by atoms with Crippen molar-refractivity contribution in [3.63, 3.8) is 0 Å². The molecule has 0 N–H and O–H groups in total. The lowest BCUT2D eigenvalue weighted by Gasteiger charge is -2.28. The molecule has 0 aromatic heterocycles. The van der Waals surface area contributed by atoms with Crippen LogP contribution in [0.3, 0.4) is 0 Å². The summed E-state index contributed by atoms with van der Waals surface area (Å²) < 4.78 is 16.4. The monoisotopic (exact) mass is 358 g/mol. The molecular weight excluding hydrogens is 332 g/mol. The molecular formula is C21H26O5. The van der Waals surface area contributed by atoms with Gasteiger partial charge in [-0.15, -0.1) is 0 Å². The van der Waals surface area contributed by atoms with Gasteiger partial charge in [-0.05, 0) is 69.7 Å². The Bertz CT molecular complexity index is 666. The molecule has 1 aromatic rings. The van der Waals surface area contributed by atoms with Crippen LogP contribution in [0, 0.1) is 5.92 Å². The molecule has 1 aromatic carbocycles. The molecule has 0 amide bonds. The van der Waals surface area contributed by atoms with Crippen LogP contribution in [0.5, 0.6) is 11.5 Å². The maximum atomic E-state index is 11.6. The van der Waals surface area contributed by atoms with Crippen molar-refractivity contribution in [3.8, 4) is 11.5 Å². The van der Waals surface area contributed by atoms with Crippen LogP contribution in [-0.4, -0.2) is 24.6 Å². The first-order chi connectivity index (χ1) is 12.3. The first-order valence-corrected chi connectivity index (χ1v) is 8.82. The van der Waals surface area contributed by atoms with Crippen molar-refractivity contribution in [2.24, 2.45) is 5.92 Å². The average Bonchev–Trinajstić information content (AvgIpc) is 2.62. The summed E-state index contributed by atoms with van der Waals surface area (Å²) in [5.74, 6) is 0.886. The van der Waals surface area contributed by atoms with Crippen LogP contribution in [0.2, 0.25) is 0 Å². The summed E-state index contributed by atoms with van der Waals surface area (Å²) in [7, 11) is 0. The zero-order valence-electron chi connectivity index (χ0n) is 15.5. The summed E-state index contributed by atoms with van der Waals surface area (Å²) in [6.45, 7) is 11.0. The van der Waals surface area contributed by atoms with E-state index in [-0.39, 0.29) is 12.1 Å². The van der Waals surface area contributed by atoms with Gasteiger partial charge in [-0.2, -0.15) is 0 Å². The molecule has 1 aliphatic carbocycles. The summed E-state index contributed by atoms with van der Waals surface area (Å²) in [6.07, 6.45) is 3.61. The number of hydrogen-bond donors (Lipinski definition) is 0. The molecule has 1 aliphatic rings. The predicted octanol–water partition coefficient (Wildman–Crippen LogP) is 4.23. The maximum Gasteiger partial charge on any atom is 0.338 e. The van der Waals surface area contributed by atoms with Crippen LogP contribution in [0.15, 0.2) is 48.6 Å². The Kier molecular flexibility index (Phi) is 7.01. The van der Waals surface area contributed by atoms with Gasteiger partial charge in [0.2, 0.25) is 0 Å². The second-order valence-corrected chi connectivity index (χ2v) is 6.78. The number of rotatable bonds is 7. The topological polar surface area (TPSA) is 61.8 Å². The average molecular weight is 358 g/mol. The maximum absolute atomic E-state index is 11.6. The smallest absolute Gasteiger partial charge is 0.338 e. The quantitative estimate of drug-likeness (QED) is 0.415. The van der Waals surface area contributed by atoms with Crippen LogP contribution >= 0.6 is 0 Å². The van der Waals surface area contributed by atoms with E-state index < -0.39 is 5.97 Å². The van der Waals surface area contributed by atoms with E-state index in [2.05, 4.69) is 13.2 Å². The van der Waals surface area contributed by atoms with Gasteiger partial charge in [0.25, 0.3) is 0 Å². The van der Waals surface area contributed by atoms with Gasteiger partial charge in [-0.1, -0.05) is 13.2 Å². The molecule has 1 saturated carbocycles. The SMILES string of the molecule is C=C(C)C(=O)Oc1ccc(OC[C@H]2CC[C@H](OC(=O)C(=C)C)CC2)cc1. The Hall–Kier alpha value is -2.56. The predicted molar refractivity (Wildman–Crippen MR) is 99.0 cm³/mol. The summed E-state index contributed by atoms with van der Waals surface area (Å²) in [4.78, 5) is 23.0. The fourth-order valence-corrected chi connectivity index (χ4v) is 2.68. The van der Waals surface area contributed by atoms with Crippen LogP contribution < -0.4 is 9.47 Å². The zero-order valence-corrected chi connectivity index (χ0v) is 15.5. The summed E-state index contributed by atoms with van der Waals surface area (Å²) in [5.41, 5.74) is 0.794. The molecule has 0 heterocycles. The van der Waals surface area contributed by atoms with Gasteiger partial charge in [0.05, 0.1) is 6.61 Å². The van der Waals surface area contributed by atoms with Crippen molar-refractivity contribution < 1.29 is 23.8 Å². The molecule has 2 rings (SSSR count). The van der Waals surface area contributed by atoms with Crippen molar-refractivity contribution in [3.05, 3.63) is 48.6 Å². The summed E-state index contributed by atoms with van der Waals surface area (Å²) in [6, 6.07) is 6.96. The molecule has 0 saturated heterocycles. The lowest BCUT2D eigenvalue weighted by atomic mass is 9.88. The molecule has 140 valence electrons. The highest BCUT2D eigenvalue weighted by atomic mass is 16.5. The molecule has 26 heavy (non-hydrogen) atoms. The third-order valence-corrected chi connectivity index (χ3v) is 4.28. The van der Waals surface area contributed by atoms with Crippen LogP contribution in [0.25, 0.3) is 0 Å². The highest BCUT2D eigenvalue weighted by Gasteiger charge is 2.24. The fraction of sp³-hybridized carbons (Fsp3) is 0.429. The minimum atomic E-state index is -0.442. The molecule has 0 bridgehead atoms. The van der Waals surface area contributed by atoms with E-state index in [4.69, 9.17) is 14.2 Å². The van der Waals surface area contributed by atoms with E-state index in [9.17, 15) is 9.59 Å². The molecule has 5 nitrogen and oxygen atoms in total. The lowest BCUT2D eigenvalue weighted by Crippen LogP contribution is -2.27. The molecule has 0 unspecified atom stereocenters. The third kappa shape index (κ3) is 6.06. The van der Waals surface area contributed by atoms with Crippen molar-refractivity contribution >= 4 is 11.9 Å². The zero-order chi connectivity index (χ0) is 19.1. The fourth-order valence-electron chi connectivity index (χ4n) is 2.68. The molecule has 5 heteroatoms. The third-order valence-electron chi connectivity index (χ3n) is 4.28. The van der Waals surface area contributed by atoms with Crippen LogP contribution in [0.4, 0.5) is 0 Å². The van der Waals surface area contributed by atoms with Crippen LogP contribution in [-0.2, 0) is 14.3 Å². The van der Waals surface area contributed by atoms with Gasteiger partial charge in [0.15, 0.2) is 0 Å². The largest absolute Gasteiger partial charge is 0.493 e.